The first-order valence-electron chi connectivity index (χ1n) is 6.88. The van der Waals surface area contributed by atoms with Crippen molar-refractivity contribution in [1.82, 2.24) is 30.2 Å². The molecular weight excluding hydrogens is 303 g/mol. The number of nitrogens with zero attached hydrogens (tertiary/aromatic N) is 5. The first-order valence-corrected chi connectivity index (χ1v) is 6.88. The highest BCUT2D eigenvalue weighted by Gasteiger charge is 2.14. The van der Waals surface area contributed by atoms with Crippen LogP contribution in [0.25, 0.3) is 0 Å². The molecule has 0 aliphatic carbocycles. The van der Waals surface area contributed by atoms with E-state index in [0.29, 0.717) is 18.9 Å². The molecule has 118 valence electrons. The molecular formula is C14H13FN6O2. The van der Waals surface area contributed by atoms with Crippen LogP contribution in [0.4, 0.5) is 4.39 Å². The van der Waals surface area contributed by atoms with Crippen molar-refractivity contribution >= 4 is 5.91 Å². The van der Waals surface area contributed by atoms with Crippen LogP contribution in [0.15, 0.2) is 41.4 Å². The summed E-state index contributed by atoms with van der Waals surface area (Å²) >= 11 is 0. The summed E-state index contributed by atoms with van der Waals surface area (Å²) < 4.78 is 19.4. The van der Waals surface area contributed by atoms with Crippen LogP contribution in [0.1, 0.15) is 22.1 Å². The molecule has 8 nitrogen and oxygen atoms in total. The third-order valence-electron chi connectivity index (χ3n) is 3.06. The molecule has 0 radical (unpaired) electrons. The second-order valence-electron chi connectivity index (χ2n) is 4.73. The van der Waals surface area contributed by atoms with Crippen LogP contribution in [0.2, 0.25) is 0 Å². The molecule has 0 unspecified atom stereocenters. The third-order valence-corrected chi connectivity index (χ3v) is 3.06. The number of halogens is 1. The predicted molar refractivity (Wildman–Crippen MR) is 75.6 cm³/mol. The Morgan fingerprint density at radius 3 is 2.87 bits per heavy atom. The van der Waals surface area contributed by atoms with Crippen LogP contribution in [0.3, 0.4) is 0 Å². The fourth-order valence-electron chi connectivity index (χ4n) is 1.87. The van der Waals surface area contributed by atoms with Gasteiger partial charge in [-0.2, -0.15) is 10.1 Å². The third kappa shape index (κ3) is 3.96. The number of aryl methyl sites for hydroxylation is 2. The lowest BCUT2D eigenvalue weighted by atomic mass is 10.2. The van der Waals surface area contributed by atoms with E-state index in [1.54, 1.807) is 23.1 Å². The van der Waals surface area contributed by atoms with Crippen molar-refractivity contribution < 1.29 is 13.7 Å². The summed E-state index contributed by atoms with van der Waals surface area (Å²) in [5, 5.41) is 10.2. The van der Waals surface area contributed by atoms with E-state index in [2.05, 4.69) is 25.5 Å². The molecule has 0 spiro atoms. The lowest BCUT2D eigenvalue weighted by Crippen LogP contribution is -2.24. The lowest BCUT2D eigenvalue weighted by molar-refractivity contribution is 0.0937. The second kappa shape index (κ2) is 6.77. The van der Waals surface area contributed by atoms with Crippen LogP contribution >= 0.6 is 0 Å². The Kier molecular flexibility index (Phi) is 4.37. The minimum absolute atomic E-state index is 0.0410. The van der Waals surface area contributed by atoms with E-state index in [-0.39, 0.29) is 18.2 Å². The summed E-state index contributed by atoms with van der Waals surface area (Å²) in [6.45, 7) is 0.779. The standard InChI is InChI=1S/C14H13FN6O2/c15-11-3-1-10(2-4-11)7-17-14(22)13-19-12(23-20-13)5-6-21-9-16-8-18-21/h1-4,8-9H,5-7H2,(H,17,22). The van der Waals surface area contributed by atoms with Gasteiger partial charge in [0.15, 0.2) is 0 Å². The molecule has 1 aromatic carbocycles. The molecule has 1 N–H and O–H groups in total. The van der Waals surface area contributed by atoms with Crippen molar-refractivity contribution in [3.63, 3.8) is 0 Å². The number of benzene rings is 1. The normalized spacial score (nSPS) is 10.7. The van der Waals surface area contributed by atoms with Crippen LogP contribution in [-0.4, -0.2) is 30.8 Å². The zero-order valence-corrected chi connectivity index (χ0v) is 12.0. The molecule has 0 aliphatic heterocycles. The molecule has 3 rings (SSSR count). The van der Waals surface area contributed by atoms with Gasteiger partial charge in [0.25, 0.3) is 11.7 Å². The minimum Gasteiger partial charge on any atom is -0.345 e. The number of nitrogens with one attached hydrogen (secondary N) is 1. The van der Waals surface area contributed by atoms with E-state index in [1.807, 2.05) is 0 Å². The van der Waals surface area contributed by atoms with Crippen molar-refractivity contribution in [1.29, 1.82) is 0 Å². The number of rotatable bonds is 6. The van der Waals surface area contributed by atoms with Gasteiger partial charge >= 0.3 is 0 Å². The van der Waals surface area contributed by atoms with Gasteiger partial charge in [-0.1, -0.05) is 17.3 Å². The maximum Gasteiger partial charge on any atom is 0.292 e. The first-order chi connectivity index (χ1) is 11.2. The van der Waals surface area contributed by atoms with E-state index in [1.165, 1.54) is 18.5 Å². The van der Waals surface area contributed by atoms with Gasteiger partial charge in [-0.3, -0.25) is 9.48 Å². The molecule has 9 heteroatoms. The molecule has 0 bridgehead atoms. The SMILES string of the molecule is O=C(NCc1ccc(F)cc1)c1noc(CCn2cncn2)n1. The topological polar surface area (TPSA) is 98.7 Å². The molecule has 3 aromatic rings. The van der Waals surface area contributed by atoms with Crippen molar-refractivity contribution in [3.8, 4) is 0 Å². The van der Waals surface area contributed by atoms with Crippen LogP contribution in [0, 0.1) is 5.82 Å². The second-order valence-corrected chi connectivity index (χ2v) is 4.73. The van der Waals surface area contributed by atoms with E-state index < -0.39 is 5.91 Å². The van der Waals surface area contributed by atoms with Gasteiger partial charge in [0.1, 0.15) is 18.5 Å². The summed E-state index contributed by atoms with van der Waals surface area (Å²) in [4.78, 5) is 19.8. The molecule has 23 heavy (non-hydrogen) atoms. The highest BCUT2D eigenvalue weighted by molar-refractivity contribution is 5.90. The summed E-state index contributed by atoms with van der Waals surface area (Å²) in [6, 6.07) is 5.85. The average Bonchev–Trinajstić information content (AvgIpc) is 3.23. The van der Waals surface area contributed by atoms with E-state index in [0.717, 1.165) is 5.56 Å². The van der Waals surface area contributed by atoms with E-state index >= 15 is 0 Å². The Labute approximate surface area is 130 Å². The Hall–Kier alpha value is -3.10. The number of aromatic nitrogens is 5. The summed E-state index contributed by atoms with van der Waals surface area (Å²) in [7, 11) is 0. The van der Waals surface area contributed by atoms with E-state index in [4.69, 9.17) is 4.52 Å². The summed E-state index contributed by atoms with van der Waals surface area (Å²) in [5.74, 6) is -0.478. The van der Waals surface area contributed by atoms with Crippen LogP contribution in [-0.2, 0) is 19.5 Å². The number of carbonyl (C=O) groups is 1. The number of carbonyl (C=O) groups excluding carboxylic acids is 1. The Morgan fingerprint density at radius 1 is 1.30 bits per heavy atom. The van der Waals surface area contributed by atoms with Crippen molar-refractivity contribution in [3.05, 3.63) is 60.0 Å². The number of hydrogen-bond acceptors (Lipinski definition) is 6. The van der Waals surface area contributed by atoms with Gasteiger partial charge in [-0.05, 0) is 17.7 Å². The largest absolute Gasteiger partial charge is 0.345 e. The van der Waals surface area contributed by atoms with Crippen molar-refractivity contribution in [2.45, 2.75) is 19.5 Å². The molecule has 2 heterocycles. The van der Waals surface area contributed by atoms with Gasteiger partial charge in [0, 0.05) is 13.0 Å². The first kappa shape index (κ1) is 14.8. The Morgan fingerprint density at radius 2 is 2.13 bits per heavy atom. The maximum atomic E-state index is 12.8. The molecule has 0 fully saturated rings. The Balaban J connectivity index is 1.52. The quantitative estimate of drug-likeness (QED) is 0.727. The summed E-state index contributed by atoms with van der Waals surface area (Å²) in [6.07, 6.45) is 3.45. The molecule has 0 aliphatic rings. The Bertz CT molecular complexity index is 769. The zero-order valence-electron chi connectivity index (χ0n) is 12.0. The predicted octanol–water partition coefficient (Wildman–Crippen LogP) is 0.973. The molecule has 2 aromatic heterocycles. The lowest BCUT2D eigenvalue weighted by Gasteiger charge is -2.02. The monoisotopic (exact) mass is 316 g/mol. The van der Waals surface area contributed by atoms with Crippen LogP contribution < -0.4 is 5.32 Å². The van der Waals surface area contributed by atoms with Gasteiger partial charge < -0.3 is 9.84 Å². The molecule has 0 atom stereocenters. The van der Waals surface area contributed by atoms with Crippen molar-refractivity contribution in [2.75, 3.05) is 0 Å². The number of hydrogen-bond donors (Lipinski definition) is 1. The summed E-state index contributed by atoms with van der Waals surface area (Å²) in [5.41, 5.74) is 0.773. The fraction of sp³-hybridized carbons (Fsp3) is 0.214. The van der Waals surface area contributed by atoms with Crippen LogP contribution in [0.5, 0.6) is 0 Å². The van der Waals surface area contributed by atoms with E-state index in [9.17, 15) is 9.18 Å². The molecule has 1 amide bonds. The average molecular weight is 316 g/mol. The highest BCUT2D eigenvalue weighted by Crippen LogP contribution is 2.04. The number of amides is 1. The smallest absolute Gasteiger partial charge is 0.292 e. The minimum atomic E-state index is -0.454. The maximum absolute atomic E-state index is 12.8. The highest BCUT2D eigenvalue weighted by atomic mass is 19.1. The molecule has 0 saturated carbocycles. The van der Waals surface area contributed by atoms with Gasteiger partial charge in [0.05, 0.1) is 6.54 Å². The molecule has 0 saturated heterocycles. The van der Waals surface area contributed by atoms with Crippen molar-refractivity contribution in [2.24, 2.45) is 0 Å². The van der Waals surface area contributed by atoms with Gasteiger partial charge in [-0.25, -0.2) is 9.37 Å². The zero-order chi connectivity index (χ0) is 16.1. The van der Waals surface area contributed by atoms with Gasteiger partial charge in [0.2, 0.25) is 5.89 Å². The fourth-order valence-corrected chi connectivity index (χ4v) is 1.87. The van der Waals surface area contributed by atoms with Gasteiger partial charge in [-0.15, -0.1) is 0 Å².